The standard InChI is InChI=1S/C3H9N3/c1-2(4)3(5)6/h2H,4H2,1H3,(H3,5,6). The largest absolute Gasteiger partial charge is 0.386 e. The average Bonchev–Trinajstić information content (AvgIpc) is 1.36. The summed E-state index contributed by atoms with van der Waals surface area (Å²) in [7, 11) is 0. The molecule has 1 atom stereocenters. The highest BCUT2D eigenvalue weighted by Gasteiger charge is 1.91. The van der Waals surface area contributed by atoms with E-state index in [1.165, 1.54) is 0 Å². The summed E-state index contributed by atoms with van der Waals surface area (Å²) < 4.78 is 0. The van der Waals surface area contributed by atoms with E-state index in [4.69, 9.17) is 16.9 Å². The van der Waals surface area contributed by atoms with Gasteiger partial charge in [0.25, 0.3) is 0 Å². The van der Waals surface area contributed by atoms with Gasteiger partial charge in [-0.25, -0.2) is 0 Å². The van der Waals surface area contributed by atoms with Gasteiger partial charge in [-0.1, -0.05) is 0 Å². The van der Waals surface area contributed by atoms with Crippen LogP contribution in [0.3, 0.4) is 0 Å². The van der Waals surface area contributed by atoms with Crippen LogP contribution >= 0.6 is 0 Å². The van der Waals surface area contributed by atoms with E-state index in [-0.39, 0.29) is 11.9 Å². The van der Waals surface area contributed by atoms with Crippen molar-refractivity contribution < 1.29 is 0 Å². The van der Waals surface area contributed by atoms with Gasteiger partial charge in [0.1, 0.15) is 5.84 Å². The Bertz CT molecular complexity index is 57.1. The van der Waals surface area contributed by atoms with Crippen molar-refractivity contribution in [3.05, 3.63) is 0 Å². The molecule has 0 aliphatic heterocycles. The molecule has 0 aliphatic carbocycles. The summed E-state index contributed by atoms with van der Waals surface area (Å²) in [6.07, 6.45) is 0. The van der Waals surface area contributed by atoms with Crippen molar-refractivity contribution in [2.45, 2.75) is 13.0 Å². The lowest BCUT2D eigenvalue weighted by atomic mass is 10.3. The molecule has 0 bridgehead atoms. The van der Waals surface area contributed by atoms with E-state index in [2.05, 4.69) is 0 Å². The van der Waals surface area contributed by atoms with E-state index < -0.39 is 0 Å². The van der Waals surface area contributed by atoms with Gasteiger partial charge in [-0.15, -0.1) is 0 Å². The second kappa shape index (κ2) is 1.77. The fraction of sp³-hybridized carbons (Fsp3) is 0.667. The quantitative estimate of drug-likeness (QED) is 0.291. The SMILES string of the molecule is CC(N)C(=N)N. The number of rotatable bonds is 1. The lowest BCUT2D eigenvalue weighted by molar-refractivity contribution is 0.951. The molecule has 0 aromatic carbocycles. The lowest BCUT2D eigenvalue weighted by Crippen LogP contribution is -2.32. The van der Waals surface area contributed by atoms with Gasteiger partial charge in [0.2, 0.25) is 0 Å². The van der Waals surface area contributed by atoms with Crippen LogP contribution < -0.4 is 11.5 Å². The molecule has 1 unspecified atom stereocenters. The molecule has 0 aliphatic rings. The molecule has 0 saturated heterocycles. The number of hydrogen-bond donors (Lipinski definition) is 3. The van der Waals surface area contributed by atoms with Crippen molar-refractivity contribution >= 4 is 5.84 Å². The zero-order valence-corrected chi connectivity index (χ0v) is 3.73. The van der Waals surface area contributed by atoms with Gasteiger partial charge < -0.3 is 11.5 Å². The minimum Gasteiger partial charge on any atom is -0.386 e. The lowest BCUT2D eigenvalue weighted by Gasteiger charge is -1.96. The molecule has 3 heteroatoms. The molecule has 0 fully saturated rings. The number of nitrogens with one attached hydrogen (secondary N) is 1. The Morgan fingerprint density at radius 1 is 1.83 bits per heavy atom. The average molecular weight is 87.1 g/mol. The normalized spacial score (nSPS) is 13.7. The summed E-state index contributed by atoms with van der Waals surface area (Å²) in [5.74, 6) is 0.0370. The van der Waals surface area contributed by atoms with Crippen LogP contribution in [0.4, 0.5) is 0 Å². The van der Waals surface area contributed by atoms with Crippen LogP contribution in [0.1, 0.15) is 6.92 Å². The van der Waals surface area contributed by atoms with E-state index >= 15 is 0 Å². The Labute approximate surface area is 36.8 Å². The van der Waals surface area contributed by atoms with Gasteiger partial charge in [-0.05, 0) is 6.92 Å². The maximum absolute atomic E-state index is 6.60. The van der Waals surface area contributed by atoms with Crippen molar-refractivity contribution in [3.63, 3.8) is 0 Å². The fourth-order valence-electron chi connectivity index (χ4n) is 0. The van der Waals surface area contributed by atoms with Gasteiger partial charge >= 0.3 is 0 Å². The summed E-state index contributed by atoms with van der Waals surface area (Å²) in [6, 6.07) is -0.287. The van der Waals surface area contributed by atoms with Crippen molar-refractivity contribution in [3.8, 4) is 0 Å². The molecular formula is C3H9N3. The van der Waals surface area contributed by atoms with E-state index in [0.29, 0.717) is 0 Å². The van der Waals surface area contributed by atoms with Crippen LogP contribution in [0.2, 0.25) is 0 Å². The number of nitrogens with two attached hydrogens (primary N) is 2. The molecule has 0 aromatic heterocycles. The molecule has 36 valence electrons. The zero-order valence-electron chi connectivity index (χ0n) is 3.73. The van der Waals surface area contributed by atoms with Crippen LogP contribution in [0.15, 0.2) is 0 Å². The Morgan fingerprint density at radius 2 is 2.00 bits per heavy atom. The van der Waals surface area contributed by atoms with Crippen molar-refractivity contribution in [1.29, 1.82) is 5.41 Å². The summed E-state index contributed by atoms with van der Waals surface area (Å²) >= 11 is 0. The highest BCUT2D eigenvalue weighted by atomic mass is 14.8. The molecule has 6 heavy (non-hydrogen) atoms. The van der Waals surface area contributed by atoms with E-state index in [9.17, 15) is 0 Å². The van der Waals surface area contributed by atoms with Gasteiger partial charge in [-0.2, -0.15) is 0 Å². The number of amidine groups is 1. The van der Waals surface area contributed by atoms with Crippen LogP contribution in [0.25, 0.3) is 0 Å². The first-order chi connectivity index (χ1) is 2.64. The molecule has 5 N–H and O–H groups in total. The molecule has 3 nitrogen and oxygen atoms in total. The third kappa shape index (κ3) is 1.72. The molecule has 0 aromatic rings. The minimum atomic E-state index is -0.287. The monoisotopic (exact) mass is 87.1 g/mol. The maximum atomic E-state index is 6.60. The Hall–Kier alpha value is -0.570. The van der Waals surface area contributed by atoms with Crippen LogP contribution in [-0.2, 0) is 0 Å². The minimum absolute atomic E-state index is 0.0370. The summed E-state index contributed by atoms with van der Waals surface area (Å²) in [6.45, 7) is 1.67. The summed E-state index contributed by atoms with van der Waals surface area (Å²) in [4.78, 5) is 0. The zero-order chi connectivity index (χ0) is 5.15. The third-order valence-corrected chi connectivity index (χ3v) is 0.491. The Balaban J connectivity index is 3.26. The van der Waals surface area contributed by atoms with Gasteiger partial charge in [0, 0.05) is 0 Å². The Morgan fingerprint density at radius 3 is 2.00 bits per heavy atom. The smallest absolute Gasteiger partial charge is 0.107 e. The second-order valence-corrected chi connectivity index (χ2v) is 1.24. The highest BCUT2D eigenvalue weighted by molar-refractivity contribution is 5.81. The van der Waals surface area contributed by atoms with E-state index in [1.54, 1.807) is 6.92 Å². The molecule has 0 radical (unpaired) electrons. The van der Waals surface area contributed by atoms with Crippen molar-refractivity contribution in [1.82, 2.24) is 0 Å². The van der Waals surface area contributed by atoms with E-state index in [0.717, 1.165) is 0 Å². The third-order valence-electron chi connectivity index (χ3n) is 0.491. The first kappa shape index (κ1) is 5.43. The number of hydrogen-bond acceptors (Lipinski definition) is 2. The fourth-order valence-corrected chi connectivity index (χ4v) is 0. The molecular weight excluding hydrogens is 78.1 g/mol. The van der Waals surface area contributed by atoms with Gasteiger partial charge in [0.05, 0.1) is 6.04 Å². The van der Waals surface area contributed by atoms with Crippen LogP contribution in [-0.4, -0.2) is 11.9 Å². The van der Waals surface area contributed by atoms with Gasteiger partial charge in [-0.3, -0.25) is 5.41 Å². The first-order valence-electron chi connectivity index (χ1n) is 1.74. The van der Waals surface area contributed by atoms with E-state index in [1.807, 2.05) is 0 Å². The molecule has 0 saturated carbocycles. The van der Waals surface area contributed by atoms with Crippen molar-refractivity contribution in [2.24, 2.45) is 11.5 Å². The molecule has 0 rings (SSSR count). The van der Waals surface area contributed by atoms with Crippen molar-refractivity contribution in [2.75, 3.05) is 0 Å². The summed E-state index contributed by atoms with van der Waals surface area (Å²) in [5, 5.41) is 6.60. The van der Waals surface area contributed by atoms with Crippen LogP contribution in [0.5, 0.6) is 0 Å². The predicted molar refractivity (Wildman–Crippen MR) is 25.6 cm³/mol. The second-order valence-electron chi connectivity index (χ2n) is 1.24. The highest BCUT2D eigenvalue weighted by Crippen LogP contribution is 1.65. The molecule has 0 spiro atoms. The first-order valence-corrected chi connectivity index (χ1v) is 1.74. The summed E-state index contributed by atoms with van der Waals surface area (Å²) in [5.41, 5.74) is 9.98. The Kier molecular flexibility index (Phi) is 1.60. The predicted octanol–water partition coefficient (Wildman–Crippen LogP) is -0.730. The molecule has 0 amide bonds. The maximum Gasteiger partial charge on any atom is 0.107 e. The topological polar surface area (TPSA) is 75.9 Å². The van der Waals surface area contributed by atoms with Crippen LogP contribution in [0, 0.1) is 5.41 Å². The van der Waals surface area contributed by atoms with Gasteiger partial charge in [0.15, 0.2) is 0 Å². The molecule has 0 heterocycles.